The third-order valence-corrected chi connectivity index (χ3v) is 6.96. The van der Waals surface area contributed by atoms with Crippen LogP contribution in [0.2, 0.25) is 0 Å². The summed E-state index contributed by atoms with van der Waals surface area (Å²) < 4.78 is 5.50. The third-order valence-electron chi connectivity index (χ3n) is 5.77. The SMILES string of the molecule is N[C@@H](CCC(=O)N[C@@H](CSc1c(O)cc2oc(-c3ccc(O)c(O)c3)c(O)c(=O)c2c1O)C(=O)NCC(=O)O)C(=O)O. The monoisotopic (exact) mass is 607 g/mol. The number of benzene rings is 2. The molecule has 0 bridgehead atoms. The highest BCUT2D eigenvalue weighted by Crippen LogP contribution is 2.44. The van der Waals surface area contributed by atoms with Crippen molar-refractivity contribution in [1.82, 2.24) is 10.6 Å². The highest BCUT2D eigenvalue weighted by Gasteiger charge is 2.27. The van der Waals surface area contributed by atoms with Gasteiger partial charge in [-0.1, -0.05) is 0 Å². The second-order valence-electron chi connectivity index (χ2n) is 8.79. The molecule has 2 amide bonds. The van der Waals surface area contributed by atoms with Crippen LogP contribution < -0.4 is 21.8 Å². The fraction of sp³-hybridized carbons (Fsp3) is 0.240. The van der Waals surface area contributed by atoms with Crippen LogP contribution in [-0.2, 0) is 19.2 Å². The van der Waals surface area contributed by atoms with Crippen molar-refractivity contribution in [3.05, 3.63) is 34.5 Å². The zero-order valence-electron chi connectivity index (χ0n) is 21.4. The van der Waals surface area contributed by atoms with E-state index in [4.69, 9.17) is 20.4 Å². The molecule has 0 aliphatic heterocycles. The van der Waals surface area contributed by atoms with Crippen LogP contribution in [0.15, 0.2) is 38.4 Å². The van der Waals surface area contributed by atoms with E-state index in [2.05, 4.69) is 10.6 Å². The molecule has 0 saturated carbocycles. The van der Waals surface area contributed by atoms with Crippen molar-refractivity contribution in [2.45, 2.75) is 29.8 Å². The summed E-state index contributed by atoms with van der Waals surface area (Å²) in [4.78, 5) is 59.3. The first kappa shape index (κ1) is 31.4. The number of phenols is 4. The molecule has 0 spiro atoms. The van der Waals surface area contributed by atoms with Gasteiger partial charge in [0.25, 0.3) is 0 Å². The average Bonchev–Trinajstić information content (AvgIpc) is 2.92. The van der Waals surface area contributed by atoms with Gasteiger partial charge in [-0.05, 0) is 24.6 Å². The number of carbonyl (C=O) groups is 4. The van der Waals surface area contributed by atoms with E-state index in [1.54, 1.807) is 0 Å². The van der Waals surface area contributed by atoms with E-state index < -0.39 is 99.9 Å². The van der Waals surface area contributed by atoms with Gasteiger partial charge in [-0.2, -0.15) is 0 Å². The Morgan fingerprint density at radius 2 is 1.64 bits per heavy atom. The first-order chi connectivity index (χ1) is 19.7. The molecule has 3 rings (SSSR count). The van der Waals surface area contributed by atoms with Crippen molar-refractivity contribution in [2.75, 3.05) is 12.3 Å². The van der Waals surface area contributed by atoms with Crippen LogP contribution in [0.4, 0.5) is 0 Å². The summed E-state index contributed by atoms with van der Waals surface area (Å²) in [7, 11) is 0. The maximum atomic E-state index is 13.0. The summed E-state index contributed by atoms with van der Waals surface area (Å²) in [6.07, 6.45) is -0.663. The Kier molecular flexibility index (Phi) is 9.71. The third kappa shape index (κ3) is 7.12. The number of phenolic OH excluding ortho intramolecular Hbond substituents is 4. The van der Waals surface area contributed by atoms with Gasteiger partial charge in [0.05, 0.1) is 4.90 Å². The maximum Gasteiger partial charge on any atom is 0.322 e. The Morgan fingerprint density at radius 1 is 0.952 bits per heavy atom. The lowest BCUT2D eigenvalue weighted by atomic mass is 10.1. The molecule has 224 valence electrons. The molecule has 0 saturated heterocycles. The first-order valence-corrected chi connectivity index (χ1v) is 12.9. The summed E-state index contributed by atoms with van der Waals surface area (Å²) in [6.45, 7) is -0.798. The lowest BCUT2D eigenvalue weighted by Crippen LogP contribution is -2.49. The molecule has 42 heavy (non-hydrogen) atoms. The van der Waals surface area contributed by atoms with E-state index in [9.17, 15) is 49.5 Å². The minimum atomic E-state index is -1.45. The first-order valence-electron chi connectivity index (χ1n) is 11.9. The minimum absolute atomic E-state index is 0.0190. The van der Waals surface area contributed by atoms with E-state index in [0.29, 0.717) is 11.8 Å². The van der Waals surface area contributed by atoms with E-state index in [0.717, 1.165) is 18.2 Å². The van der Waals surface area contributed by atoms with Gasteiger partial charge < -0.3 is 56.5 Å². The van der Waals surface area contributed by atoms with Crippen molar-refractivity contribution in [3.8, 4) is 40.1 Å². The Labute approximate surface area is 239 Å². The number of hydrogen-bond acceptors (Lipinski definition) is 13. The summed E-state index contributed by atoms with van der Waals surface area (Å²) in [5, 5.41) is 72.7. The normalized spacial score (nSPS) is 12.4. The number of carboxylic acids is 2. The van der Waals surface area contributed by atoms with Crippen molar-refractivity contribution in [1.29, 1.82) is 0 Å². The van der Waals surface area contributed by atoms with Crippen LogP contribution in [0.1, 0.15) is 12.8 Å². The Hall–Kier alpha value is -5.16. The summed E-state index contributed by atoms with van der Waals surface area (Å²) in [6, 6.07) is 1.44. The Balaban J connectivity index is 1.92. The summed E-state index contributed by atoms with van der Waals surface area (Å²) in [5.74, 6) is -8.86. The highest BCUT2D eigenvalue weighted by molar-refractivity contribution is 7.99. The number of amides is 2. The largest absolute Gasteiger partial charge is 0.506 e. The van der Waals surface area contributed by atoms with Crippen molar-refractivity contribution >= 4 is 46.5 Å². The fourth-order valence-corrected chi connectivity index (χ4v) is 4.62. The average molecular weight is 608 g/mol. The molecule has 0 radical (unpaired) electrons. The number of aliphatic carboxylic acids is 2. The number of hydrogen-bond donors (Lipinski definition) is 10. The molecule has 1 heterocycles. The Morgan fingerprint density at radius 3 is 2.26 bits per heavy atom. The zero-order chi connectivity index (χ0) is 31.3. The van der Waals surface area contributed by atoms with Gasteiger partial charge in [-0.15, -0.1) is 11.8 Å². The number of carbonyl (C=O) groups excluding carboxylic acids is 2. The van der Waals surface area contributed by atoms with Gasteiger partial charge in [0.1, 0.15) is 41.1 Å². The quantitative estimate of drug-likeness (QED) is 0.0954. The number of nitrogens with one attached hydrogen (secondary N) is 2. The molecule has 2 atom stereocenters. The molecule has 0 unspecified atom stereocenters. The van der Waals surface area contributed by atoms with Crippen molar-refractivity contribution in [3.63, 3.8) is 0 Å². The second kappa shape index (κ2) is 13.0. The smallest absolute Gasteiger partial charge is 0.322 e. The van der Waals surface area contributed by atoms with E-state index in [1.165, 1.54) is 6.07 Å². The van der Waals surface area contributed by atoms with Crippen LogP contribution in [0.5, 0.6) is 28.7 Å². The molecular formula is C25H25N3O13S. The molecule has 17 heteroatoms. The second-order valence-corrected chi connectivity index (χ2v) is 9.82. The van der Waals surface area contributed by atoms with E-state index in [1.807, 2.05) is 0 Å². The lowest BCUT2D eigenvalue weighted by Gasteiger charge is -2.19. The summed E-state index contributed by atoms with van der Waals surface area (Å²) >= 11 is 0.584. The molecule has 16 nitrogen and oxygen atoms in total. The topological polar surface area (TPSA) is 290 Å². The van der Waals surface area contributed by atoms with Crippen LogP contribution >= 0.6 is 11.8 Å². The molecule has 0 aliphatic rings. The maximum absolute atomic E-state index is 13.0. The predicted octanol–water partition coefficient (Wildman–Crippen LogP) is -0.0422. The van der Waals surface area contributed by atoms with E-state index in [-0.39, 0.29) is 22.5 Å². The number of carboxylic acid groups (broad SMARTS) is 2. The lowest BCUT2D eigenvalue weighted by molar-refractivity contribution is -0.139. The highest BCUT2D eigenvalue weighted by atomic mass is 32.2. The molecule has 0 aliphatic carbocycles. The number of rotatable bonds is 12. The van der Waals surface area contributed by atoms with Gasteiger partial charge in [0, 0.05) is 23.8 Å². The molecule has 3 aromatic rings. The van der Waals surface area contributed by atoms with Crippen LogP contribution in [0.3, 0.4) is 0 Å². The standard InChI is InChI=1S/C25H25N3O13S/c26-10(25(39)40)2-4-16(32)28-11(24(38)27-7-17(33)34)8-42-23-14(31)6-15-18(20(23)36)19(35)21(37)22(41-15)9-1-3-12(29)13(30)5-9/h1,3,5-6,10-11,29-31,36-37H,2,4,7-8,26H2,(H,27,38)(H,28,32)(H,33,34)(H,39,40)/t10-,11-/m0/s1. The van der Waals surface area contributed by atoms with Crippen LogP contribution in [-0.4, -0.2) is 83.9 Å². The van der Waals surface area contributed by atoms with Crippen molar-refractivity contribution in [2.24, 2.45) is 5.73 Å². The van der Waals surface area contributed by atoms with Gasteiger partial charge in [-0.3, -0.25) is 24.0 Å². The fourth-order valence-electron chi connectivity index (χ4n) is 3.61. The molecule has 2 aromatic carbocycles. The number of aromatic hydroxyl groups is 5. The molecular weight excluding hydrogens is 582 g/mol. The van der Waals surface area contributed by atoms with Crippen LogP contribution in [0.25, 0.3) is 22.3 Å². The number of nitrogens with two attached hydrogens (primary N) is 1. The number of thioether (sulfide) groups is 1. The predicted molar refractivity (Wildman–Crippen MR) is 144 cm³/mol. The van der Waals surface area contributed by atoms with Crippen molar-refractivity contribution < 1.29 is 59.3 Å². The number of fused-ring (bicyclic) bond motifs is 1. The van der Waals surface area contributed by atoms with Gasteiger partial charge in [0.2, 0.25) is 23.0 Å². The van der Waals surface area contributed by atoms with Gasteiger partial charge >= 0.3 is 11.9 Å². The minimum Gasteiger partial charge on any atom is -0.506 e. The van der Waals surface area contributed by atoms with Gasteiger partial charge in [0.15, 0.2) is 17.3 Å². The molecule has 11 N–H and O–H groups in total. The van der Waals surface area contributed by atoms with Gasteiger partial charge in [-0.25, -0.2) is 0 Å². The van der Waals surface area contributed by atoms with E-state index >= 15 is 0 Å². The van der Waals surface area contributed by atoms with Crippen LogP contribution in [0, 0.1) is 0 Å². The Bertz CT molecular complexity index is 1620. The summed E-state index contributed by atoms with van der Waals surface area (Å²) in [5.41, 5.74) is 3.85. The zero-order valence-corrected chi connectivity index (χ0v) is 22.2. The molecule has 0 fully saturated rings. The molecule has 1 aromatic heterocycles.